The van der Waals surface area contributed by atoms with Crippen LogP contribution in [0.15, 0.2) is 54.9 Å². The van der Waals surface area contributed by atoms with E-state index >= 15 is 0 Å². The van der Waals surface area contributed by atoms with Gasteiger partial charge in [0.25, 0.3) is 11.6 Å². The van der Waals surface area contributed by atoms with Crippen molar-refractivity contribution in [3.63, 3.8) is 0 Å². The molecule has 2 aromatic carbocycles. The third-order valence-corrected chi connectivity index (χ3v) is 5.37. The number of amides is 1. The molecule has 3 aromatic rings. The molecular formula is C21H19FN8O5. The summed E-state index contributed by atoms with van der Waals surface area (Å²) in [5.74, 6) is -1.30. The summed E-state index contributed by atoms with van der Waals surface area (Å²) in [6.45, 7) is 1.50. The van der Waals surface area contributed by atoms with E-state index < -0.39 is 21.4 Å². The number of aromatic nitrogens is 2. The van der Waals surface area contributed by atoms with E-state index in [9.17, 15) is 29.4 Å². The Morgan fingerprint density at radius 2 is 1.66 bits per heavy atom. The van der Waals surface area contributed by atoms with Crippen molar-refractivity contribution in [2.75, 3.05) is 41.4 Å². The lowest BCUT2D eigenvalue weighted by molar-refractivity contribution is -0.384. The number of carbonyl (C=O) groups is 1. The number of hydrazine groups is 1. The number of hydrogen-bond acceptors (Lipinski definition) is 10. The van der Waals surface area contributed by atoms with Crippen LogP contribution in [-0.2, 0) is 0 Å². The summed E-state index contributed by atoms with van der Waals surface area (Å²) in [4.78, 5) is 45.3. The number of nitrogens with one attached hydrogen (secondary N) is 2. The van der Waals surface area contributed by atoms with E-state index in [1.807, 2.05) is 4.90 Å². The number of piperazine rings is 1. The minimum atomic E-state index is -0.748. The molecule has 180 valence electrons. The average Bonchev–Trinajstić information content (AvgIpc) is 2.87. The first-order valence-corrected chi connectivity index (χ1v) is 10.4. The quantitative estimate of drug-likeness (QED) is 0.378. The summed E-state index contributed by atoms with van der Waals surface area (Å²) >= 11 is 0. The molecule has 14 heteroatoms. The maximum Gasteiger partial charge on any atom is 0.355 e. The van der Waals surface area contributed by atoms with Gasteiger partial charge in [-0.3, -0.25) is 35.9 Å². The molecule has 0 saturated carbocycles. The number of nitro groups is 2. The second-order valence-electron chi connectivity index (χ2n) is 7.46. The normalized spacial score (nSPS) is 13.3. The van der Waals surface area contributed by atoms with Crippen LogP contribution in [0.1, 0.15) is 10.4 Å². The van der Waals surface area contributed by atoms with Crippen LogP contribution in [0, 0.1) is 26.0 Å². The Balaban J connectivity index is 1.49. The Hall–Kier alpha value is -4.88. The van der Waals surface area contributed by atoms with Crippen molar-refractivity contribution in [3.8, 4) is 0 Å². The van der Waals surface area contributed by atoms with E-state index in [0.717, 1.165) is 12.4 Å². The predicted octanol–water partition coefficient (Wildman–Crippen LogP) is 2.52. The van der Waals surface area contributed by atoms with Crippen molar-refractivity contribution < 1.29 is 19.0 Å². The number of anilines is 3. The standard InChI is InChI=1S/C21H19FN8O5/c22-16-6-1-2-7-17(16)27-8-10-28(11-9-27)20-18(30(34)35)19(23-13-24-20)25-26-21(31)14-4-3-5-15(12-14)29(32)33/h1-7,12-13H,8-11H2,(H,26,31)(H,23,24,25). The second-order valence-corrected chi connectivity index (χ2v) is 7.46. The van der Waals surface area contributed by atoms with Crippen molar-refractivity contribution in [2.45, 2.75) is 0 Å². The number of benzene rings is 2. The first-order valence-electron chi connectivity index (χ1n) is 10.4. The SMILES string of the molecule is O=C(NNc1ncnc(N2CCN(c3ccccc3F)CC2)c1[N+](=O)[O-])c1cccc([N+](=O)[O-])c1. The molecule has 1 amide bonds. The number of non-ortho nitro benzene ring substituents is 1. The van der Waals surface area contributed by atoms with Gasteiger partial charge in [-0.25, -0.2) is 14.4 Å². The fraction of sp³-hybridized carbons (Fsp3) is 0.190. The maximum atomic E-state index is 14.1. The van der Waals surface area contributed by atoms with Gasteiger partial charge < -0.3 is 9.80 Å². The van der Waals surface area contributed by atoms with Gasteiger partial charge in [0.15, 0.2) is 0 Å². The lowest BCUT2D eigenvalue weighted by atomic mass is 10.2. The highest BCUT2D eigenvalue weighted by Gasteiger charge is 2.30. The van der Waals surface area contributed by atoms with Gasteiger partial charge in [-0.1, -0.05) is 18.2 Å². The molecule has 2 heterocycles. The number of carbonyl (C=O) groups excluding carboxylic acids is 1. The van der Waals surface area contributed by atoms with Crippen LogP contribution in [0.3, 0.4) is 0 Å². The Bertz CT molecular complexity index is 1280. The van der Waals surface area contributed by atoms with Crippen molar-refractivity contribution >= 4 is 34.6 Å². The molecule has 0 spiro atoms. The summed E-state index contributed by atoms with van der Waals surface area (Å²) in [7, 11) is 0. The number of halogens is 1. The van der Waals surface area contributed by atoms with Gasteiger partial charge in [-0.2, -0.15) is 0 Å². The van der Waals surface area contributed by atoms with Crippen molar-refractivity contribution in [2.24, 2.45) is 0 Å². The molecule has 1 aromatic heterocycles. The number of nitrogens with zero attached hydrogens (tertiary/aromatic N) is 6. The first-order chi connectivity index (χ1) is 16.8. The highest BCUT2D eigenvalue weighted by atomic mass is 19.1. The Labute approximate surface area is 197 Å². The highest BCUT2D eigenvalue weighted by molar-refractivity contribution is 5.95. The average molecular weight is 482 g/mol. The van der Waals surface area contributed by atoms with Crippen LogP contribution >= 0.6 is 0 Å². The van der Waals surface area contributed by atoms with Gasteiger partial charge in [0.05, 0.1) is 15.5 Å². The number of para-hydroxylation sites is 1. The van der Waals surface area contributed by atoms with E-state index in [-0.39, 0.29) is 28.7 Å². The summed E-state index contributed by atoms with van der Waals surface area (Å²) in [6.07, 6.45) is 1.12. The first kappa shape index (κ1) is 23.3. The molecule has 4 rings (SSSR count). The van der Waals surface area contributed by atoms with E-state index in [0.29, 0.717) is 31.9 Å². The Kier molecular flexibility index (Phi) is 6.62. The van der Waals surface area contributed by atoms with E-state index in [1.54, 1.807) is 23.1 Å². The largest absolute Gasteiger partial charge is 0.366 e. The zero-order valence-corrected chi connectivity index (χ0v) is 18.1. The summed E-state index contributed by atoms with van der Waals surface area (Å²) in [5.41, 5.74) is 4.39. The molecule has 1 fully saturated rings. The van der Waals surface area contributed by atoms with Crippen molar-refractivity contribution in [1.29, 1.82) is 0 Å². The van der Waals surface area contributed by atoms with E-state index in [4.69, 9.17) is 0 Å². The fourth-order valence-electron chi connectivity index (χ4n) is 3.68. The number of nitro benzene ring substituents is 1. The Morgan fingerprint density at radius 3 is 2.34 bits per heavy atom. The van der Waals surface area contributed by atoms with Crippen LogP contribution in [0.2, 0.25) is 0 Å². The van der Waals surface area contributed by atoms with Crippen molar-refractivity contribution in [3.05, 3.63) is 86.5 Å². The topological polar surface area (TPSA) is 160 Å². The van der Waals surface area contributed by atoms with Gasteiger partial charge in [-0.15, -0.1) is 0 Å². The van der Waals surface area contributed by atoms with Crippen LogP contribution in [0.4, 0.5) is 33.1 Å². The lowest BCUT2D eigenvalue weighted by Gasteiger charge is -2.36. The highest BCUT2D eigenvalue weighted by Crippen LogP contribution is 2.32. The summed E-state index contributed by atoms with van der Waals surface area (Å²) in [5, 5.41) is 22.8. The third kappa shape index (κ3) is 5.05. The van der Waals surface area contributed by atoms with Crippen LogP contribution in [0.25, 0.3) is 0 Å². The Morgan fingerprint density at radius 1 is 0.943 bits per heavy atom. The third-order valence-electron chi connectivity index (χ3n) is 5.37. The predicted molar refractivity (Wildman–Crippen MR) is 124 cm³/mol. The molecule has 35 heavy (non-hydrogen) atoms. The van der Waals surface area contributed by atoms with Gasteiger partial charge in [-0.05, 0) is 18.2 Å². The smallest absolute Gasteiger partial charge is 0.355 e. The van der Waals surface area contributed by atoms with Gasteiger partial charge in [0.2, 0.25) is 11.6 Å². The maximum absolute atomic E-state index is 14.1. The molecule has 0 aliphatic carbocycles. The minimum absolute atomic E-state index is 0.0205. The second kappa shape index (κ2) is 9.94. The zero-order valence-electron chi connectivity index (χ0n) is 18.1. The monoisotopic (exact) mass is 482 g/mol. The summed E-state index contributed by atoms with van der Waals surface area (Å²) in [6, 6.07) is 11.4. The van der Waals surface area contributed by atoms with E-state index in [2.05, 4.69) is 20.8 Å². The van der Waals surface area contributed by atoms with Gasteiger partial charge in [0.1, 0.15) is 12.1 Å². The van der Waals surface area contributed by atoms with Gasteiger partial charge >= 0.3 is 5.69 Å². The fourth-order valence-corrected chi connectivity index (χ4v) is 3.68. The van der Waals surface area contributed by atoms with Crippen LogP contribution < -0.4 is 20.7 Å². The van der Waals surface area contributed by atoms with Crippen LogP contribution in [0.5, 0.6) is 0 Å². The molecule has 1 aliphatic heterocycles. The molecule has 2 N–H and O–H groups in total. The molecule has 13 nitrogen and oxygen atoms in total. The zero-order chi connectivity index (χ0) is 24.9. The molecule has 0 unspecified atom stereocenters. The number of rotatable bonds is 7. The van der Waals surface area contributed by atoms with Crippen molar-refractivity contribution in [1.82, 2.24) is 15.4 Å². The molecule has 1 aliphatic rings. The van der Waals surface area contributed by atoms with Crippen LogP contribution in [-0.4, -0.2) is 51.9 Å². The minimum Gasteiger partial charge on any atom is -0.366 e. The lowest BCUT2D eigenvalue weighted by Crippen LogP contribution is -2.47. The molecular weight excluding hydrogens is 463 g/mol. The summed E-state index contributed by atoms with van der Waals surface area (Å²) < 4.78 is 14.1. The van der Waals surface area contributed by atoms with E-state index in [1.165, 1.54) is 24.3 Å². The molecule has 1 saturated heterocycles. The number of hydrogen-bond donors (Lipinski definition) is 2. The van der Waals surface area contributed by atoms with Gasteiger partial charge in [0, 0.05) is 43.9 Å². The molecule has 0 radical (unpaired) electrons. The molecule has 0 atom stereocenters. The molecule has 0 bridgehead atoms.